The lowest BCUT2D eigenvalue weighted by Crippen LogP contribution is -2.38. The Labute approximate surface area is 110 Å². The maximum absolute atomic E-state index is 11.5. The fourth-order valence-electron chi connectivity index (χ4n) is 2.09. The van der Waals surface area contributed by atoms with Crippen molar-refractivity contribution >= 4 is 5.97 Å². The van der Waals surface area contributed by atoms with E-state index in [0.717, 1.165) is 0 Å². The quantitative estimate of drug-likeness (QED) is 0.815. The first-order valence-electron chi connectivity index (χ1n) is 6.36. The van der Waals surface area contributed by atoms with Crippen molar-refractivity contribution in [3.63, 3.8) is 0 Å². The number of nitrogens with one attached hydrogen (secondary N) is 1. The van der Waals surface area contributed by atoms with Crippen LogP contribution < -0.4 is 5.32 Å². The van der Waals surface area contributed by atoms with E-state index in [2.05, 4.69) is 31.3 Å². The van der Waals surface area contributed by atoms with Crippen molar-refractivity contribution in [3.05, 3.63) is 35.4 Å². The lowest BCUT2D eigenvalue weighted by Gasteiger charge is -2.25. The summed E-state index contributed by atoms with van der Waals surface area (Å²) in [6, 6.07) is 8.58. The largest absolute Gasteiger partial charge is 0.469 e. The Morgan fingerprint density at radius 3 is 2.39 bits per heavy atom. The van der Waals surface area contributed by atoms with Crippen molar-refractivity contribution in [2.24, 2.45) is 5.92 Å². The zero-order valence-electron chi connectivity index (χ0n) is 11.9. The zero-order chi connectivity index (χ0) is 13.7. The third-order valence-electron chi connectivity index (χ3n) is 3.49. The van der Waals surface area contributed by atoms with E-state index in [1.165, 1.54) is 18.2 Å². The van der Waals surface area contributed by atoms with Gasteiger partial charge in [-0.1, -0.05) is 31.2 Å². The molecule has 1 rings (SSSR count). The molecule has 0 aliphatic carbocycles. The van der Waals surface area contributed by atoms with Gasteiger partial charge in [0, 0.05) is 12.1 Å². The number of rotatable bonds is 5. The molecule has 0 radical (unpaired) electrons. The third kappa shape index (κ3) is 3.57. The van der Waals surface area contributed by atoms with Gasteiger partial charge in [0.25, 0.3) is 0 Å². The van der Waals surface area contributed by atoms with E-state index < -0.39 is 0 Å². The van der Waals surface area contributed by atoms with Gasteiger partial charge >= 0.3 is 5.97 Å². The summed E-state index contributed by atoms with van der Waals surface area (Å²) in [7, 11) is 1.43. The third-order valence-corrected chi connectivity index (χ3v) is 3.49. The van der Waals surface area contributed by atoms with Gasteiger partial charge < -0.3 is 10.1 Å². The van der Waals surface area contributed by atoms with Gasteiger partial charge in [-0.15, -0.1) is 0 Å². The van der Waals surface area contributed by atoms with Crippen molar-refractivity contribution in [1.29, 1.82) is 0 Å². The van der Waals surface area contributed by atoms with Crippen LogP contribution >= 0.6 is 0 Å². The number of methoxy groups -OCH3 is 1. The molecular weight excluding hydrogens is 226 g/mol. The summed E-state index contributed by atoms with van der Waals surface area (Å²) in [6.45, 7) is 8.11. The van der Waals surface area contributed by atoms with Gasteiger partial charge in [0.2, 0.25) is 0 Å². The number of carbonyl (C=O) groups is 1. The van der Waals surface area contributed by atoms with Crippen molar-refractivity contribution in [1.82, 2.24) is 5.32 Å². The first-order valence-corrected chi connectivity index (χ1v) is 6.36. The number of esters is 1. The van der Waals surface area contributed by atoms with Gasteiger partial charge in [0.15, 0.2) is 0 Å². The summed E-state index contributed by atoms with van der Waals surface area (Å²) in [4.78, 5) is 11.5. The molecule has 0 aromatic heterocycles. The Balaban J connectivity index is 2.68. The molecule has 0 fully saturated rings. The average Bonchev–Trinajstić information content (AvgIpc) is 2.37. The lowest BCUT2D eigenvalue weighted by atomic mass is 9.98. The molecule has 0 bridgehead atoms. The van der Waals surface area contributed by atoms with Gasteiger partial charge in [-0.2, -0.15) is 0 Å². The molecule has 0 aliphatic heterocycles. The molecule has 3 nitrogen and oxygen atoms in total. The molecular formula is C15H23NO2. The summed E-state index contributed by atoms with van der Waals surface area (Å²) in [5.41, 5.74) is 2.52. The van der Waals surface area contributed by atoms with Crippen molar-refractivity contribution in [2.75, 3.05) is 7.11 Å². The number of hydrogen-bond acceptors (Lipinski definition) is 3. The minimum absolute atomic E-state index is 0.0760. The first kappa shape index (κ1) is 14.7. The Morgan fingerprint density at radius 2 is 1.83 bits per heavy atom. The molecule has 3 heteroatoms. The second kappa shape index (κ2) is 6.55. The molecule has 0 saturated heterocycles. The van der Waals surface area contributed by atoms with Crippen LogP contribution in [0.2, 0.25) is 0 Å². The van der Waals surface area contributed by atoms with Gasteiger partial charge in [-0.3, -0.25) is 4.79 Å². The zero-order valence-corrected chi connectivity index (χ0v) is 11.9. The van der Waals surface area contributed by atoms with Crippen LogP contribution in [0.3, 0.4) is 0 Å². The Kier molecular flexibility index (Phi) is 5.35. The molecule has 0 saturated carbocycles. The molecule has 0 amide bonds. The Bertz CT molecular complexity index is 403. The fraction of sp³-hybridized carbons (Fsp3) is 0.533. The highest BCUT2D eigenvalue weighted by atomic mass is 16.5. The summed E-state index contributed by atoms with van der Waals surface area (Å²) in [6.07, 6.45) is 0. The van der Waals surface area contributed by atoms with Crippen molar-refractivity contribution < 1.29 is 9.53 Å². The summed E-state index contributed by atoms with van der Waals surface area (Å²) in [5, 5.41) is 3.45. The smallest absolute Gasteiger partial charge is 0.309 e. The second-order valence-electron chi connectivity index (χ2n) is 4.85. The summed E-state index contributed by atoms with van der Waals surface area (Å²) in [5.74, 6) is -0.326. The number of carbonyl (C=O) groups excluding carboxylic acids is 1. The topological polar surface area (TPSA) is 38.3 Å². The molecule has 0 heterocycles. The van der Waals surface area contributed by atoms with E-state index in [1.807, 2.05) is 26.0 Å². The van der Waals surface area contributed by atoms with E-state index >= 15 is 0 Å². The minimum atomic E-state index is -0.174. The standard InChI is InChI=1S/C15H23NO2/c1-10-8-6-7-9-14(10)13(4)16-12(3)11(2)15(17)18-5/h6-9,11-13,16H,1-5H3. The highest BCUT2D eigenvalue weighted by Crippen LogP contribution is 2.18. The van der Waals surface area contributed by atoms with Crippen LogP contribution in [0.5, 0.6) is 0 Å². The molecule has 1 aromatic rings. The summed E-state index contributed by atoms with van der Waals surface area (Å²) >= 11 is 0. The van der Waals surface area contributed by atoms with Crippen LogP contribution in [-0.4, -0.2) is 19.1 Å². The molecule has 0 spiro atoms. The highest BCUT2D eigenvalue weighted by molar-refractivity contribution is 5.72. The van der Waals surface area contributed by atoms with Gasteiger partial charge in [0.1, 0.15) is 0 Å². The maximum atomic E-state index is 11.5. The minimum Gasteiger partial charge on any atom is -0.469 e. The van der Waals surface area contributed by atoms with E-state index in [9.17, 15) is 4.79 Å². The van der Waals surface area contributed by atoms with Crippen LogP contribution in [0.4, 0.5) is 0 Å². The normalized spacial score (nSPS) is 15.8. The van der Waals surface area contributed by atoms with Gasteiger partial charge in [-0.25, -0.2) is 0 Å². The SMILES string of the molecule is COC(=O)C(C)C(C)NC(C)c1ccccc1C. The number of ether oxygens (including phenoxy) is 1. The number of aryl methyl sites for hydroxylation is 1. The molecule has 0 aliphatic rings. The number of benzene rings is 1. The fourth-order valence-corrected chi connectivity index (χ4v) is 2.09. The first-order chi connectivity index (χ1) is 8.47. The van der Waals surface area contributed by atoms with Crippen molar-refractivity contribution in [3.8, 4) is 0 Å². The monoisotopic (exact) mass is 249 g/mol. The molecule has 3 unspecified atom stereocenters. The average molecular weight is 249 g/mol. The molecule has 100 valence electrons. The van der Waals surface area contributed by atoms with E-state index in [0.29, 0.717) is 0 Å². The van der Waals surface area contributed by atoms with Crippen LogP contribution in [-0.2, 0) is 9.53 Å². The van der Waals surface area contributed by atoms with Crippen LogP contribution in [0.1, 0.15) is 37.9 Å². The van der Waals surface area contributed by atoms with E-state index in [4.69, 9.17) is 4.74 Å². The maximum Gasteiger partial charge on any atom is 0.309 e. The van der Waals surface area contributed by atoms with E-state index in [1.54, 1.807) is 0 Å². The van der Waals surface area contributed by atoms with Crippen LogP contribution in [0.25, 0.3) is 0 Å². The predicted molar refractivity (Wildman–Crippen MR) is 73.4 cm³/mol. The van der Waals surface area contributed by atoms with E-state index in [-0.39, 0.29) is 24.0 Å². The number of hydrogen-bond donors (Lipinski definition) is 1. The van der Waals surface area contributed by atoms with Crippen LogP contribution in [0, 0.1) is 12.8 Å². The van der Waals surface area contributed by atoms with Crippen LogP contribution in [0.15, 0.2) is 24.3 Å². The van der Waals surface area contributed by atoms with Crippen molar-refractivity contribution in [2.45, 2.75) is 39.8 Å². The lowest BCUT2D eigenvalue weighted by molar-refractivity contribution is -0.145. The Hall–Kier alpha value is -1.35. The predicted octanol–water partition coefficient (Wildman–Crippen LogP) is 2.84. The molecule has 3 atom stereocenters. The molecule has 18 heavy (non-hydrogen) atoms. The second-order valence-corrected chi connectivity index (χ2v) is 4.85. The van der Waals surface area contributed by atoms with Gasteiger partial charge in [0.05, 0.1) is 13.0 Å². The molecule has 1 N–H and O–H groups in total. The highest BCUT2D eigenvalue weighted by Gasteiger charge is 2.22. The van der Waals surface area contributed by atoms with Gasteiger partial charge in [-0.05, 0) is 31.9 Å². The molecule has 1 aromatic carbocycles. The summed E-state index contributed by atoms with van der Waals surface area (Å²) < 4.78 is 4.77. The Morgan fingerprint density at radius 1 is 1.22 bits per heavy atom.